The second-order valence-corrected chi connectivity index (χ2v) is 4.29. The number of benzene rings is 1. The second kappa shape index (κ2) is 5.61. The van der Waals surface area contributed by atoms with E-state index in [0.717, 1.165) is 0 Å². The number of hydrogen-bond acceptors (Lipinski definition) is 5. The summed E-state index contributed by atoms with van der Waals surface area (Å²) in [7, 11) is 0. The van der Waals surface area contributed by atoms with Crippen LogP contribution in [-0.4, -0.2) is 21.0 Å². The van der Waals surface area contributed by atoms with Gasteiger partial charge < -0.3 is 15.7 Å². The molecule has 6 nitrogen and oxygen atoms in total. The topological polar surface area (TPSA) is 93.6 Å². The fourth-order valence-electron chi connectivity index (χ4n) is 1.28. The van der Waals surface area contributed by atoms with Crippen molar-refractivity contribution in [1.29, 1.82) is 0 Å². The lowest BCUT2D eigenvalue weighted by molar-refractivity contribution is 0.318. The zero-order chi connectivity index (χ0) is 13.8. The molecule has 1 aromatic carbocycles. The van der Waals surface area contributed by atoms with Crippen LogP contribution in [0, 0.1) is 5.82 Å². The van der Waals surface area contributed by atoms with E-state index >= 15 is 0 Å². The molecule has 0 aliphatic rings. The van der Waals surface area contributed by atoms with Crippen LogP contribution in [0.2, 0.25) is 0 Å². The lowest BCUT2D eigenvalue weighted by Gasteiger charge is -2.08. The van der Waals surface area contributed by atoms with Crippen LogP contribution in [0.15, 0.2) is 40.2 Å². The number of nitrogens with two attached hydrogens (primary N) is 1. The summed E-state index contributed by atoms with van der Waals surface area (Å²) in [6.45, 7) is 0. The number of hydrogen-bond donors (Lipinski definition) is 2. The van der Waals surface area contributed by atoms with Crippen molar-refractivity contribution in [3.8, 4) is 11.6 Å². The van der Waals surface area contributed by atoms with Crippen LogP contribution in [0.4, 0.5) is 4.39 Å². The maximum atomic E-state index is 13.6. The summed E-state index contributed by atoms with van der Waals surface area (Å²) < 4.78 is 19.5. The lowest BCUT2D eigenvalue weighted by atomic mass is 10.3. The van der Waals surface area contributed by atoms with Crippen molar-refractivity contribution in [1.82, 2.24) is 9.97 Å². The highest BCUT2D eigenvalue weighted by atomic mass is 79.9. The van der Waals surface area contributed by atoms with Gasteiger partial charge in [-0.1, -0.05) is 21.1 Å². The molecule has 19 heavy (non-hydrogen) atoms. The smallest absolute Gasteiger partial charge is 0.249 e. The molecular formula is C11H8BrFN4O2. The highest BCUT2D eigenvalue weighted by Gasteiger charge is 2.14. The first-order valence-corrected chi connectivity index (χ1v) is 5.83. The number of rotatable bonds is 3. The third-order valence-electron chi connectivity index (χ3n) is 2.11. The summed E-state index contributed by atoms with van der Waals surface area (Å²) in [6, 6.07) is 4.20. The second-order valence-electron chi connectivity index (χ2n) is 3.37. The van der Waals surface area contributed by atoms with Gasteiger partial charge in [-0.2, -0.15) is 0 Å². The first-order valence-electron chi connectivity index (χ1n) is 5.03. The van der Waals surface area contributed by atoms with Crippen LogP contribution >= 0.6 is 15.9 Å². The van der Waals surface area contributed by atoms with Gasteiger partial charge in [-0.3, -0.25) is 0 Å². The van der Waals surface area contributed by atoms with Crippen molar-refractivity contribution in [3.05, 3.63) is 46.6 Å². The zero-order valence-electron chi connectivity index (χ0n) is 9.42. The van der Waals surface area contributed by atoms with Crippen LogP contribution in [0.3, 0.4) is 0 Å². The molecule has 0 radical (unpaired) electrons. The maximum Gasteiger partial charge on any atom is 0.249 e. The number of ether oxygens (including phenoxy) is 1. The fraction of sp³-hybridized carbons (Fsp3) is 0. The molecule has 0 saturated heterocycles. The van der Waals surface area contributed by atoms with Gasteiger partial charge in [-0.15, -0.1) is 0 Å². The third kappa shape index (κ3) is 2.97. The highest BCUT2D eigenvalue weighted by molar-refractivity contribution is 9.10. The summed E-state index contributed by atoms with van der Waals surface area (Å²) in [5, 5.41) is 11.4. The molecular weight excluding hydrogens is 319 g/mol. The monoisotopic (exact) mass is 326 g/mol. The van der Waals surface area contributed by atoms with Gasteiger partial charge in [0.1, 0.15) is 0 Å². The van der Waals surface area contributed by atoms with E-state index in [1.54, 1.807) is 0 Å². The average Bonchev–Trinajstić information content (AvgIpc) is 2.42. The van der Waals surface area contributed by atoms with Crippen LogP contribution < -0.4 is 10.5 Å². The Morgan fingerprint density at radius 1 is 1.37 bits per heavy atom. The maximum absolute atomic E-state index is 13.6. The molecule has 0 atom stereocenters. The standard InChI is InChI=1S/C11H8BrFN4O2/c12-6-1-2-7(13)8(5-6)19-11-9(10(14)17-18)15-3-4-16-11/h1-5,18H,(H2,14,17). The molecule has 8 heteroatoms. The first kappa shape index (κ1) is 13.2. The van der Waals surface area contributed by atoms with Crippen molar-refractivity contribution in [2.45, 2.75) is 0 Å². The Kier molecular flexibility index (Phi) is 3.91. The van der Waals surface area contributed by atoms with E-state index < -0.39 is 5.82 Å². The van der Waals surface area contributed by atoms with Crippen molar-refractivity contribution in [3.63, 3.8) is 0 Å². The average molecular weight is 327 g/mol. The minimum Gasteiger partial charge on any atom is -0.434 e. The van der Waals surface area contributed by atoms with E-state index in [1.165, 1.54) is 30.6 Å². The number of halogens is 2. The molecule has 0 spiro atoms. The van der Waals surface area contributed by atoms with E-state index in [0.29, 0.717) is 4.47 Å². The minimum absolute atomic E-state index is 0.0179. The van der Waals surface area contributed by atoms with Crippen molar-refractivity contribution < 1.29 is 14.3 Å². The van der Waals surface area contributed by atoms with E-state index in [1.807, 2.05) is 0 Å². The largest absolute Gasteiger partial charge is 0.434 e. The van der Waals surface area contributed by atoms with Gasteiger partial charge in [-0.25, -0.2) is 14.4 Å². The van der Waals surface area contributed by atoms with Gasteiger partial charge in [0.05, 0.1) is 0 Å². The van der Waals surface area contributed by atoms with Crippen molar-refractivity contribution >= 4 is 21.8 Å². The molecule has 0 saturated carbocycles. The van der Waals surface area contributed by atoms with Gasteiger partial charge in [0.2, 0.25) is 5.88 Å². The first-order chi connectivity index (χ1) is 9.11. The van der Waals surface area contributed by atoms with Crippen LogP contribution in [0.1, 0.15) is 5.69 Å². The molecule has 1 heterocycles. The van der Waals surface area contributed by atoms with Gasteiger partial charge in [0.15, 0.2) is 23.1 Å². The van der Waals surface area contributed by atoms with Crippen LogP contribution in [0.5, 0.6) is 11.6 Å². The highest BCUT2D eigenvalue weighted by Crippen LogP contribution is 2.27. The number of aromatic nitrogens is 2. The Labute approximate surface area is 115 Å². The molecule has 1 aromatic heterocycles. The minimum atomic E-state index is -0.570. The van der Waals surface area contributed by atoms with Gasteiger partial charge >= 0.3 is 0 Å². The predicted octanol–water partition coefficient (Wildman–Crippen LogP) is 2.26. The zero-order valence-corrected chi connectivity index (χ0v) is 11.0. The van der Waals surface area contributed by atoms with Crippen molar-refractivity contribution in [2.75, 3.05) is 0 Å². The third-order valence-corrected chi connectivity index (χ3v) is 2.61. The Morgan fingerprint density at radius 2 is 2.11 bits per heavy atom. The van der Waals surface area contributed by atoms with Gasteiger partial charge in [0, 0.05) is 16.9 Å². The molecule has 2 aromatic rings. The van der Waals surface area contributed by atoms with E-state index in [4.69, 9.17) is 15.7 Å². The van der Waals surface area contributed by atoms with E-state index in [-0.39, 0.29) is 23.2 Å². The van der Waals surface area contributed by atoms with E-state index in [9.17, 15) is 4.39 Å². The van der Waals surface area contributed by atoms with Gasteiger partial charge in [0.25, 0.3) is 0 Å². The predicted molar refractivity (Wildman–Crippen MR) is 68.7 cm³/mol. The molecule has 0 aliphatic carbocycles. The Bertz CT molecular complexity index is 636. The summed E-state index contributed by atoms with van der Waals surface area (Å²) in [6.07, 6.45) is 2.69. The summed E-state index contributed by atoms with van der Waals surface area (Å²) in [5.41, 5.74) is 5.45. The Balaban J connectivity index is 2.41. The summed E-state index contributed by atoms with van der Waals surface area (Å²) >= 11 is 3.20. The molecule has 0 fully saturated rings. The van der Waals surface area contributed by atoms with Crippen LogP contribution in [0.25, 0.3) is 0 Å². The number of amidine groups is 1. The summed E-state index contributed by atoms with van der Waals surface area (Å²) in [5.74, 6) is -0.963. The molecule has 0 amide bonds. The van der Waals surface area contributed by atoms with Crippen LogP contribution in [-0.2, 0) is 0 Å². The lowest BCUT2D eigenvalue weighted by Crippen LogP contribution is -2.16. The molecule has 2 rings (SSSR count). The molecule has 0 aliphatic heterocycles. The molecule has 3 N–H and O–H groups in total. The number of oxime groups is 1. The van der Waals surface area contributed by atoms with E-state index in [2.05, 4.69) is 31.1 Å². The molecule has 98 valence electrons. The Hall–Kier alpha value is -2.22. The fourth-order valence-corrected chi connectivity index (χ4v) is 1.62. The van der Waals surface area contributed by atoms with Gasteiger partial charge in [-0.05, 0) is 18.2 Å². The Morgan fingerprint density at radius 3 is 2.84 bits per heavy atom. The quantitative estimate of drug-likeness (QED) is 0.390. The molecule has 0 bridgehead atoms. The summed E-state index contributed by atoms with van der Waals surface area (Å²) in [4.78, 5) is 7.74. The number of nitrogens with zero attached hydrogens (tertiary/aromatic N) is 3. The SMILES string of the molecule is N/C(=N/O)c1nccnc1Oc1cc(Br)ccc1F. The normalized spacial score (nSPS) is 11.4. The molecule has 0 unspecified atom stereocenters. The van der Waals surface area contributed by atoms with Crippen molar-refractivity contribution in [2.24, 2.45) is 10.9 Å².